The smallest absolute Gasteiger partial charge is 0.0313 e. The maximum absolute atomic E-state index is 5.36. The quantitative estimate of drug-likeness (QED) is 0.754. The van der Waals surface area contributed by atoms with Crippen molar-refractivity contribution >= 4 is 5.69 Å². The van der Waals surface area contributed by atoms with Crippen molar-refractivity contribution in [1.29, 1.82) is 0 Å². The fraction of sp³-hybridized carbons (Fsp3) is 0.143. The van der Waals surface area contributed by atoms with E-state index in [0.717, 1.165) is 18.7 Å². The monoisotopic (exact) mass is 214 g/mol. The molecule has 0 heterocycles. The molecule has 2 nitrogen and oxygen atoms in total. The van der Waals surface area contributed by atoms with Gasteiger partial charge in [0.05, 0.1) is 0 Å². The Morgan fingerprint density at radius 3 is 1.62 bits per heavy atom. The third kappa shape index (κ3) is 5.17. The van der Waals surface area contributed by atoms with E-state index in [9.17, 15) is 0 Å². The average molecular weight is 214 g/mol. The van der Waals surface area contributed by atoms with Gasteiger partial charge < -0.3 is 11.5 Å². The predicted molar refractivity (Wildman–Crippen MR) is 70.1 cm³/mol. The van der Waals surface area contributed by atoms with Crippen LogP contribution in [0.1, 0.15) is 5.56 Å². The molecule has 0 aliphatic carbocycles. The summed E-state index contributed by atoms with van der Waals surface area (Å²) in [7, 11) is 0. The van der Waals surface area contributed by atoms with Crippen molar-refractivity contribution in [2.75, 3.05) is 12.3 Å². The first-order valence-electron chi connectivity index (χ1n) is 5.37. The molecule has 0 aliphatic heterocycles. The molecule has 0 unspecified atom stereocenters. The first-order valence-corrected chi connectivity index (χ1v) is 5.37. The van der Waals surface area contributed by atoms with E-state index in [1.165, 1.54) is 5.56 Å². The summed E-state index contributed by atoms with van der Waals surface area (Å²) in [5, 5.41) is 0. The largest absolute Gasteiger partial charge is 0.399 e. The van der Waals surface area contributed by atoms with Crippen LogP contribution in [0.4, 0.5) is 5.69 Å². The summed E-state index contributed by atoms with van der Waals surface area (Å²) >= 11 is 0. The molecule has 0 aromatic heterocycles. The first-order chi connectivity index (χ1) is 7.83. The molecule has 0 spiro atoms. The van der Waals surface area contributed by atoms with Gasteiger partial charge in [-0.25, -0.2) is 0 Å². The van der Waals surface area contributed by atoms with Crippen LogP contribution in [-0.4, -0.2) is 6.54 Å². The second-order valence-corrected chi connectivity index (χ2v) is 3.43. The van der Waals surface area contributed by atoms with Gasteiger partial charge in [0.1, 0.15) is 0 Å². The van der Waals surface area contributed by atoms with Crippen molar-refractivity contribution < 1.29 is 0 Å². The predicted octanol–water partition coefficient (Wildman–Crippen LogP) is 2.46. The topological polar surface area (TPSA) is 52.0 Å². The molecular formula is C14H18N2. The number of hydrogen-bond donors (Lipinski definition) is 2. The van der Waals surface area contributed by atoms with Crippen LogP contribution in [0, 0.1) is 0 Å². The number of hydrogen-bond acceptors (Lipinski definition) is 2. The van der Waals surface area contributed by atoms with Gasteiger partial charge in [-0.2, -0.15) is 0 Å². The van der Waals surface area contributed by atoms with Crippen LogP contribution < -0.4 is 11.5 Å². The number of para-hydroxylation sites is 1. The Hall–Kier alpha value is -1.80. The Kier molecular flexibility index (Phi) is 5.74. The molecule has 0 saturated heterocycles. The van der Waals surface area contributed by atoms with Crippen molar-refractivity contribution in [3.05, 3.63) is 66.2 Å². The molecule has 2 aromatic carbocycles. The van der Waals surface area contributed by atoms with Crippen molar-refractivity contribution in [2.45, 2.75) is 6.42 Å². The van der Waals surface area contributed by atoms with Gasteiger partial charge in [0.15, 0.2) is 0 Å². The van der Waals surface area contributed by atoms with Gasteiger partial charge in [-0.1, -0.05) is 48.5 Å². The van der Waals surface area contributed by atoms with Gasteiger partial charge in [-0.15, -0.1) is 0 Å². The summed E-state index contributed by atoms with van der Waals surface area (Å²) in [4.78, 5) is 0. The molecule has 2 heteroatoms. The molecule has 0 bridgehead atoms. The van der Waals surface area contributed by atoms with E-state index in [1.54, 1.807) is 0 Å². The maximum Gasteiger partial charge on any atom is 0.0313 e. The minimum atomic E-state index is 0.740. The van der Waals surface area contributed by atoms with E-state index in [1.807, 2.05) is 48.5 Å². The zero-order valence-corrected chi connectivity index (χ0v) is 9.34. The van der Waals surface area contributed by atoms with Crippen molar-refractivity contribution in [3.63, 3.8) is 0 Å². The first kappa shape index (κ1) is 12.3. The highest BCUT2D eigenvalue weighted by Crippen LogP contribution is 1.97. The summed E-state index contributed by atoms with van der Waals surface area (Å²) in [6.45, 7) is 0.740. The average Bonchev–Trinajstić information content (AvgIpc) is 2.33. The Bertz CT molecular complexity index is 370. The van der Waals surface area contributed by atoms with Gasteiger partial charge in [0.25, 0.3) is 0 Å². The number of benzene rings is 2. The Balaban J connectivity index is 0.000000165. The molecule has 84 valence electrons. The number of anilines is 1. The molecule has 0 aliphatic rings. The molecular weight excluding hydrogens is 196 g/mol. The Labute approximate surface area is 96.9 Å². The van der Waals surface area contributed by atoms with Crippen LogP contribution in [0.15, 0.2) is 60.7 Å². The molecule has 0 amide bonds. The summed E-state index contributed by atoms with van der Waals surface area (Å²) in [5.41, 5.74) is 12.9. The highest BCUT2D eigenvalue weighted by Gasteiger charge is 1.84. The van der Waals surface area contributed by atoms with Gasteiger partial charge >= 0.3 is 0 Å². The normalized spacial score (nSPS) is 9.06. The molecule has 0 fully saturated rings. The Morgan fingerprint density at radius 1 is 0.750 bits per heavy atom. The lowest BCUT2D eigenvalue weighted by Crippen LogP contribution is -2.01. The minimum absolute atomic E-state index is 0.740. The van der Waals surface area contributed by atoms with Gasteiger partial charge in [0.2, 0.25) is 0 Å². The van der Waals surface area contributed by atoms with Crippen molar-refractivity contribution in [3.8, 4) is 0 Å². The van der Waals surface area contributed by atoms with E-state index < -0.39 is 0 Å². The third-order valence-electron chi connectivity index (χ3n) is 2.08. The van der Waals surface area contributed by atoms with Crippen LogP contribution in [0.3, 0.4) is 0 Å². The molecule has 0 atom stereocenters. The fourth-order valence-electron chi connectivity index (χ4n) is 1.26. The van der Waals surface area contributed by atoms with E-state index in [4.69, 9.17) is 11.5 Å². The van der Waals surface area contributed by atoms with Crippen LogP contribution in [0.2, 0.25) is 0 Å². The molecule has 16 heavy (non-hydrogen) atoms. The molecule has 2 rings (SSSR count). The number of nitrogens with two attached hydrogens (primary N) is 2. The second-order valence-electron chi connectivity index (χ2n) is 3.43. The van der Waals surface area contributed by atoms with E-state index >= 15 is 0 Å². The minimum Gasteiger partial charge on any atom is -0.399 e. The summed E-state index contributed by atoms with van der Waals surface area (Å²) in [6, 6.07) is 19.7. The molecule has 0 saturated carbocycles. The van der Waals surface area contributed by atoms with Gasteiger partial charge in [-0.3, -0.25) is 0 Å². The summed E-state index contributed by atoms with van der Waals surface area (Å²) in [5.74, 6) is 0. The third-order valence-corrected chi connectivity index (χ3v) is 2.08. The number of rotatable bonds is 2. The standard InChI is InChI=1S/C8H11N.C6H7N/c9-7-6-8-4-2-1-3-5-8;7-6-4-2-1-3-5-6/h1-5H,6-7,9H2;1-5H,7H2. The van der Waals surface area contributed by atoms with Crippen molar-refractivity contribution in [2.24, 2.45) is 5.73 Å². The van der Waals surface area contributed by atoms with Gasteiger partial charge in [-0.05, 0) is 30.7 Å². The van der Waals surface area contributed by atoms with Crippen LogP contribution in [0.5, 0.6) is 0 Å². The molecule has 0 radical (unpaired) electrons. The zero-order valence-electron chi connectivity index (χ0n) is 9.34. The number of nitrogen functional groups attached to an aromatic ring is 1. The highest BCUT2D eigenvalue weighted by molar-refractivity contribution is 5.35. The Morgan fingerprint density at radius 2 is 1.25 bits per heavy atom. The van der Waals surface area contributed by atoms with E-state index in [2.05, 4.69) is 12.1 Å². The van der Waals surface area contributed by atoms with Crippen LogP contribution in [-0.2, 0) is 6.42 Å². The highest BCUT2D eigenvalue weighted by atomic mass is 14.5. The lowest BCUT2D eigenvalue weighted by molar-refractivity contribution is 0.969. The lowest BCUT2D eigenvalue weighted by Gasteiger charge is -1.93. The van der Waals surface area contributed by atoms with E-state index in [0.29, 0.717) is 0 Å². The fourth-order valence-corrected chi connectivity index (χ4v) is 1.26. The second kappa shape index (κ2) is 7.49. The SMILES string of the molecule is NCCc1ccccc1.Nc1ccccc1. The summed E-state index contributed by atoms with van der Waals surface area (Å²) in [6.07, 6.45) is 0.987. The van der Waals surface area contributed by atoms with Crippen LogP contribution in [0.25, 0.3) is 0 Å². The molecule has 2 aromatic rings. The van der Waals surface area contributed by atoms with Crippen molar-refractivity contribution in [1.82, 2.24) is 0 Å². The maximum atomic E-state index is 5.36. The summed E-state index contributed by atoms with van der Waals surface area (Å²) < 4.78 is 0. The van der Waals surface area contributed by atoms with E-state index in [-0.39, 0.29) is 0 Å². The lowest BCUT2D eigenvalue weighted by atomic mass is 10.2. The van der Waals surface area contributed by atoms with Crippen LogP contribution >= 0.6 is 0 Å². The van der Waals surface area contributed by atoms with Gasteiger partial charge in [0, 0.05) is 5.69 Å². The zero-order chi connectivity index (χ0) is 11.6. The molecule has 4 N–H and O–H groups in total.